The van der Waals surface area contributed by atoms with Crippen LogP contribution in [-0.2, 0) is 44.3 Å². The molecular weight excluding hydrogens is 981 g/mol. The number of carbonyl (C=O) groups is 2. The van der Waals surface area contributed by atoms with Crippen molar-refractivity contribution in [2.75, 3.05) is 44.7 Å². The number of para-hydroxylation sites is 1. The second kappa shape index (κ2) is 22.3. The molecule has 22 heteroatoms. The first-order valence-corrected chi connectivity index (χ1v) is 29.6. The van der Waals surface area contributed by atoms with Gasteiger partial charge in [-0.1, -0.05) is 74.2 Å². The van der Waals surface area contributed by atoms with Gasteiger partial charge >= 0.3 is 6.09 Å². The maximum absolute atomic E-state index is 16.2. The first-order valence-electron chi connectivity index (χ1n) is 22.8. The van der Waals surface area contributed by atoms with Crippen molar-refractivity contribution in [3.05, 3.63) is 120 Å². The normalized spacial score (nSPS) is 12.6. The fourth-order valence-corrected chi connectivity index (χ4v) is 14.7. The average Bonchev–Trinajstić information content (AvgIpc) is 3.80. The molecule has 6 rings (SSSR count). The number of carbonyl (C=O) groups excluding carboxylic acids is 1. The van der Waals surface area contributed by atoms with Crippen molar-refractivity contribution in [2.24, 2.45) is 0 Å². The highest BCUT2D eigenvalue weighted by atomic mass is 32.2. The SMILES string of the molecule is COc1ccc(CN(Cc2ccc(OC)cc2)S(=O)(=O)c2c(S(=O)(=O)CC[Si](C)(C)C)ccc(-c3cccc(NC(=O)[C@@H](CO)N(C(=O)O)C(C)(C)C)c3N)c2-c2nnn(Cc3ccc(OC)cc3)n2)cc1. The predicted molar refractivity (Wildman–Crippen MR) is 277 cm³/mol. The van der Waals surface area contributed by atoms with Crippen LogP contribution in [0.1, 0.15) is 37.5 Å². The van der Waals surface area contributed by atoms with Crippen molar-refractivity contribution in [3.63, 3.8) is 0 Å². The van der Waals surface area contributed by atoms with Crippen molar-refractivity contribution < 1.29 is 50.8 Å². The predicted octanol–water partition coefficient (Wildman–Crippen LogP) is 7.24. The third-order valence-electron chi connectivity index (χ3n) is 11.7. The Morgan fingerprint density at radius 1 is 0.778 bits per heavy atom. The molecule has 0 aliphatic carbocycles. The van der Waals surface area contributed by atoms with E-state index in [1.807, 2.05) is 19.6 Å². The minimum Gasteiger partial charge on any atom is -0.497 e. The maximum Gasteiger partial charge on any atom is 0.408 e. The molecule has 0 aliphatic rings. The first kappa shape index (κ1) is 54.5. The number of anilines is 2. The summed E-state index contributed by atoms with van der Waals surface area (Å²) >= 11 is 0. The molecule has 0 unspecified atom stereocenters. The highest BCUT2D eigenvalue weighted by Gasteiger charge is 2.40. The molecule has 0 saturated heterocycles. The van der Waals surface area contributed by atoms with Crippen LogP contribution >= 0.6 is 0 Å². The molecule has 0 aliphatic heterocycles. The fraction of sp³-hybridized carbons (Fsp3) is 0.340. The van der Waals surface area contributed by atoms with E-state index < -0.39 is 67.9 Å². The molecule has 5 aromatic carbocycles. The van der Waals surface area contributed by atoms with Crippen LogP contribution in [0.25, 0.3) is 22.5 Å². The summed E-state index contributed by atoms with van der Waals surface area (Å²) in [6.45, 7) is 9.52. The van der Waals surface area contributed by atoms with Crippen molar-refractivity contribution in [1.82, 2.24) is 29.4 Å². The summed E-state index contributed by atoms with van der Waals surface area (Å²) in [5.74, 6) is 0.161. The Balaban J connectivity index is 1.66. The van der Waals surface area contributed by atoms with Crippen LogP contribution in [0.5, 0.6) is 17.2 Å². The monoisotopic (exact) mass is 1040 g/mol. The molecule has 0 saturated carbocycles. The van der Waals surface area contributed by atoms with Crippen molar-refractivity contribution in [1.29, 1.82) is 0 Å². The summed E-state index contributed by atoms with van der Waals surface area (Å²) in [4.78, 5) is 27.2. The number of nitrogens with one attached hydrogen (secondary N) is 1. The molecule has 0 radical (unpaired) electrons. The molecule has 1 heterocycles. The number of nitrogen functional groups attached to an aromatic ring is 1. The number of ether oxygens (including phenoxy) is 3. The molecule has 2 amide bonds. The number of nitrogens with zero attached hydrogens (tertiary/aromatic N) is 6. The minimum atomic E-state index is -4.98. The van der Waals surface area contributed by atoms with Gasteiger partial charge in [0, 0.05) is 32.3 Å². The number of benzene rings is 5. The zero-order valence-corrected chi connectivity index (χ0v) is 44.4. The highest BCUT2D eigenvalue weighted by Crippen LogP contribution is 2.44. The lowest BCUT2D eigenvalue weighted by Crippen LogP contribution is -2.57. The Labute approximate surface area is 421 Å². The molecule has 0 bridgehead atoms. The van der Waals surface area contributed by atoms with Gasteiger partial charge in [-0.05, 0) is 103 Å². The first-order chi connectivity index (χ1) is 33.9. The molecule has 72 heavy (non-hydrogen) atoms. The van der Waals surface area contributed by atoms with E-state index in [0.29, 0.717) is 34.4 Å². The number of amides is 2. The number of sulfone groups is 1. The average molecular weight is 1040 g/mol. The molecule has 0 fully saturated rings. The quantitative estimate of drug-likeness (QED) is 0.0409. The zero-order valence-electron chi connectivity index (χ0n) is 41.8. The van der Waals surface area contributed by atoms with Crippen LogP contribution in [0.4, 0.5) is 16.2 Å². The number of aliphatic hydroxyl groups is 1. The molecular formula is C50H62N8O11S2Si. The summed E-state index contributed by atoms with van der Waals surface area (Å²) in [7, 11) is -6.89. The summed E-state index contributed by atoms with van der Waals surface area (Å²) in [6.07, 6.45) is -1.45. The van der Waals surface area contributed by atoms with E-state index >= 15 is 8.42 Å². The van der Waals surface area contributed by atoms with Crippen LogP contribution in [0.15, 0.2) is 113 Å². The van der Waals surface area contributed by atoms with E-state index in [4.69, 9.17) is 25.0 Å². The largest absolute Gasteiger partial charge is 0.497 e. The third kappa shape index (κ3) is 12.8. The van der Waals surface area contributed by atoms with Gasteiger partial charge in [0.05, 0.1) is 62.1 Å². The van der Waals surface area contributed by atoms with Crippen LogP contribution in [0.2, 0.25) is 25.7 Å². The second-order valence-electron chi connectivity index (χ2n) is 19.2. The van der Waals surface area contributed by atoms with Gasteiger partial charge in [-0.15, -0.1) is 10.2 Å². The number of tetrazole rings is 1. The third-order valence-corrected chi connectivity index (χ3v) is 17.6. The summed E-state index contributed by atoms with van der Waals surface area (Å²) in [6, 6.07) is 26.7. The Morgan fingerprint density at radius 2 is 1.31 bits per heavy atom. The van der Waals surface area contributed by atoms with Gasteiger partial charge in [0.2, 0.25) is 21.8 Å². The maximum atomic E-state index is 16.2. The van der Waals surface area contributed by atoms with Gasteiger partial charge in [0.1, 0.15) is 28.2 Å². The Bertz CT molecular complexity index is 3060. The number of methoxy groups -OCH3 is 3. The summed E-state index contributed by atoms with van der Waals surface area (Å²) in [5.41, 5.74) is 7.47. The van der Waals surface area contributed by atoms with E-state index in [1.165, 1.54) is 47.6 Å². The lowest BCUT2D eigenvalue weighted by Gasteiger charge is -2.37. The van der Waals surface area contributed by atoms with Crippen LogP contribution in [-0.4, -0.2) is 122 Å². The molecule has 19 nitrogen and oxygen atoms in total. The Kier molecular flexibility index (Phi) is 16.9. The topological polar surface area (TPSA) is 259 Å². The standard InChI is InChI=1S/C50H62N8O11S2Si/c1-50(2,3)58(49(61)62)42(32-59)48(60)52-41-12-10-11-40(45(41)51)39-25-26-43(70(63,64)27-28-72(7,8)9)46(44(39)47-53-55-57(54-47)31-35-17-23-38(69-6)24-18-35)71(65,66)56(29-33-13-19-36(67-4)20-14-33)30-34-15-21-37(68-5)22-16-34/h10-26,42,59H,27-32,51H2,1-9H3,(H,52,60)(H,61,62)/t42-/m1/s1. The van der Waals surface area contributed by atoms with E-state index in [1.54, 1.807) is 107 Å². The number of hydrogen-bond donors (Lipinski definition) is 4. The number of aliphatic hydroxyl groups excluding tert-OH is 1. The minimum absolute atomic E-state index is 0.0193. The van der Waals surface area contributed by atoms with Gasteiger partial charge in [-0.3, -0.25) is 9.69 Å². The number of hydrogen-bond acceptors (Lipinski definition) is 14. The fourth-order valence-electron chi connectivity index (χ4n) is 7.88. The van der Waals surface area contributed by atoms with Gasteiger partial charge < -0.3 is 35.5 Å². The molecule has 1 aromatic heterocycles. The van der Waals surface area contributed by atoms with Gasteiger partial charge in [0.15, 0.2) is 9.84 Å². The van der Waals surface area contributed by atoms with Gasteiger partial charge in [-0.25, -0.2) is 21.6 Å². The van der Waals surface area contributed by atoms with Gasteiger partial charge in [0.25, 0.3) is 0 Å². The molecule has 1 atom stereocenters. The van der Waals surface area contributed by atoms with Crippen molar-refractivity contribution in [2.45, 2.75) is 87.5 Å². The molecule has 5 N–H and O–H groups in total. The molecule has 0 spiro atoms. The smallest absolute Gasteiger partial charge is 0.408 e. The van der Waals surface area contributed by atoms with Crippen LogP contribution in [0, 0.1) is 0 Å². The van der Waals surface area contributed by atoms with E-state index in [9.17, 15) is 28.2 Å². The number of sulfonamides is 1. The summed E-state index contributed by atoms with van der Waals surface area (Å²) in [5, 5.41) is 36.5. The summed E-state index contributed by atoms with van der Waals surface area (Å²) < 4.78 is 79.5. The van der Waals surface area contributed by atoms with Gasteiger partial charge in [-0.2, -0.15) is 9.10 Å². The van der Waals surface area contributed by atoms with Crippen LogP contribution in [0.3, 0.4) is 0 Å². The van der Waals surface area contributed by atoms with Crippen molar-refractivity contribution in [3.8, 4) is 39.8 Å². The van der Waals surface area contributed by atoms with Crippen LogP contribution < -0.4 is 25.3 Å². The lowest BCUT2D eigenvalue weighted by atomic mass is 9.96. The zero-order chi connectivity index (χ0) is 52.8. The lowest BCUT2D eigenvalue weighted by molar-refractivity contribution is -0.124. The van der Waals surface area contributed by atoms with Crippen molar-refractivity contribution >= 4 is 51.3 Å². The molecule has 6 aromatic rings. The molecule has 384 valence electrons. The Hall–Kier alpha value is -6.85. The van der Waals surface area contributed by atoms with E-state index in [0.717, 1.165) is 10.5 Å². The van der Waals surface area contributed by atoms with E-state index in [2.05, 4.69) is 15.6 Å². The highest BCUT2D eigenvalue weighted by molar-refractivity contribution is 7.93. The second-order valence-corrected chi connectivity index (χ2v) is 28.8. The Morgan fingerprint density at radius 3 is 1.78 bits per heavy atom. The van der Waals surface area contributed by atoms with E-state index in [-0.39, 0.29) is 59.3 Å². The number of carboxylic acid groups (broad SMARTS) is 1. The number of aromatic nitrogens is 4. The number of rotatable bonds is 21. The number of nitrogens with two attached hydrogens (primary N) is 1.